The standard InChI is InChI=1S/C18H17N3O4/c1-19-17(22)14-8-11-4-2-3-5-13(11)21(14)18(23)20-12-6-7-15-16(9-12)25-10-24-15/h2-7,9,14H,8,10H2,1H3,(H,19,22)(H,20,23). The average molecular weight is 339 g/mol. The second-order valence-corrected chi connectivity index (χ2v) is 5.83. The van der Waals surface area contributed by atoms with Crippen LogP contribution < -0.4 is 25.0 Å². The van der Waals surface area contributed by atoms with Crippen molar-refractivity contribution in [2.45, 2.75) is 12.5 Å². The van der Waals surface area contributed by atoms with Crippen LogP contribution in [0.1, 0.15) is 5.56 Å². The van der Waals surface area contributed by atoms with Crippen LogP contribution in [0.4, 0.5) is 16.2 Å². The molecule has 25 heavy (non-hydrogen) atoms. The highest BCUT2D eigenvalue weighted by atomic mass is 16.7. The molecule has 128 valence electrons. The molecular weight excluding hydrogens is 322 g/mol. The van der Waals surface area contributed by atoms with Crippen molar-refractivity contribution in [3.63, 3.8) is 0 Å². The summed E-state index contributed by atoms with van der Waals surface area (Å²) < 4.78 is 10.6. The first kappa shape index (κ1) is 15.3. The number of urea groups is 1. The van der Waals surface area contributed by atoms with E-state index in [9.17, 15) is 9.59 Å². The molecule has 0 fully saturated rings. The lowest BCUT2D eigenvalue weighted by atomic mass is 10.1. The molecule has 0 aliphatic carbocycles. The predicted molar refractivity (Wildman–Crippen MR) is 92.1 cm³/mol. The first-order chi connectivity index (χ1) is 12.2. The zero-order chi connectivity index (χ0) is 17.4. The van der Waals surface area contributed by atoms with E-state index in [-0.39, 0.29) is 18.7 Å². The van der Waals surface area contributed by atoms with Crippen molar-refractivity contribution in [3.8, 4) is 11.5 Å². The number of hydrogen-bond acceptors (Lipinski definition) is 4. The molecule has 2 aromatic rings. The van der Waals surface area contributed by atoms with E-state index in [4.69, 9.17) is 9.47 Å². The van der Waals surface area contributed by atoms with Crippen molar-refractivity contribution < 1.29 is 19.1 Å². The van der Waals surface area contributed by atoms with Gasteiger partial charge in [-0.05, 0) is 23.8 Å². The van der Waals surface area contributed by atoms with Crippen molar-refractivity contribution in [2.75, 3.05) is 24.1 Å². The molecule has 0 saturated carbocycles. The van der Waals surface area contributed by atoms with Gasteiger partial charge < -0.3 is 20.1 Å². The fourth-order valence-electron chi connectivity index (χ4n) is 3.17. The maximum absolute atomic E-state index is 12.9. The van der Waals surface area contributed by atoms with Crippen molar-refractivity contribution in [1.29, 1.82) is 0 Å². The number of carbonyl (C=O) groups is 2. The summed E-state index contributed by atoms with van der Waals surface area (Å²) in [5.41, 5.74) is 2.29. The van der Waals surface area contributed by atoms with E-state index in [1.54, 1.807) is 25.2 Å². The fraction of sp³-hybridized carbons (Fsp3) is 0.222. The maximum Gasteiger partial charge on any atom is 0.327 e. The predicted octanol–water partition coefficient (Wildman–Crippen LogP) is 2.12. The Morgan fingerprint density at radius 1 is 1.12 bits per heavy atom. The second-order valence-electron chi connectivity index (χ2n) is 5.83. The molecule has 4 rings (SSSR count). The van der Waals surface area contributed by atoms with Crippen LogP contribution in [0.2, 0.25) is 0 Å². The van der Waals surface area contributed by atoms with Gasteiger partial charge in [0.1, 0.15) is 6.04 Å². The molecular formula is C18H17N3O4. The van der Waals surface area contributed by atoms with E-state index >= 15 is 0 Å². The number of hydrogen-bond donors (Lipinski definition) is 2. The van der Waals surface area contributed by atoms with E-state index in [0.717, 1.165) is 11.3 Å². The number of fused-ring (bicyclic) bond motifs is 2. The highest BCUT2D eigenvalue weighted by molar-refractivity contribution is 6.08. The normalized spacial score (nSPS) is 17.2. The lowest BCUT2D eigenvalue weighted by Crippen LogP contribution is -2.48. The first-order valence-electron chi connectivity index (χ1n) is 7.97. The lowest BCUT2D eigenvalue weighted by molar-refractivity contribution is -0.121. The molecule has 2 aliphatic heterocycles. The van der Waals surface area contributed by atoms with Crippen LogP contribution in [0.5, 0.6) is 11.5 Å². The van der Waals surface area contributed by atoms with Crippen LogP contribution in [0.3, 0.4) is 0 Å². The van der Waals surface area contributed by atoms with Crippen molar-refractivity contribution in [2.24, 2.45) is 0 Å². The third-order valence-corrected chi connectivity index (χ3v) is 4.37. The molecule has 2 aliphatic rings. The van der Waals surface area contributed by atoms with Gasteiger partial charge in [-0.3, -0.25) is 9.69 Å². The van der Waals surface area contributed by atoms with Gasteiger partial charge >= 0.3 is 6.03 Å². The molecule has 0 aromatic heterocycles. The van der Waals surface area contributed by atoms with Crippen LogP contribution in [-0.4, -0.2) is 31.8 Å². The molecule has 0 radical (unpaired) electrons. The Hall–Kier alpha value is -3.22. The minimum absolute atomic E-state index is 0.172. The number of rotatable bonds is 2. The number of para-hydroxylation sites is 1. The molecule has 2 heterocycles. The largest absolute Gasteiger partial charge is 0.454 e. The summed E-state index contributed by atoms with van der Waals surface area (Å²) in [6.07, 6.45) is 0.490. The third kappa shape index (κ3) is 2.63. The van der Waals surface area contributed by atoms with Gasteiger partial charge in [0, 0.05) is 30.9 Å². The summed E-state index contributed by atoms with van der Waals surface area (Å²) in [6, 6.07) is 11.8. The van der Waals surface area contributed by atoms with Crippen LogP contribution >= 0.6 is 0 Å². The summed E-state index contributed by atoms with van der Waals surface area (Å²) in [7, 11) is 1.57. The molecule has 0 bridgehead atoms. The van der Waals surface area contributed by atoms with Crippen molar-refractivity contribution in [1.82, 2.24) is 5.32 Å². The molecule has 7 nitrogen and oxygen atoms in total. The molecule has 0 spiro atoms. The van der Waals surface area contributed by atoms with E-state index < -0.39 is 6.04 Å². The zero-order valence-corrected chi connectivity index (χ0v) is 13.6. The SMILES string of the molecule is CNC(=O)C1Cc2ccccc2N1C(=O)Nc1ccc2c(c1)OCO2. The molecule has 2 aromatic carbocycles. The number of nitrogens with one attached hydrogen (secondary N) is 2. The third-order valence-electron chi connectivity index (χ3n) is 4.37. The summed E-state index contributed by atoms with van der Waals surface area (Å²) in [5, 5.41) is 5.46. The lowest BCUT2D eigenvalue weighted by Gasteiger charge is -2.24. The number of amides is 3. The summed E-state index contributed by atoms with van der Waals surface area (Å²) in [4.78, 5) is 26.6. The molecule has 3 amide bonds. The quantitative estimate of drug-likeness (QED) is 0.878. The molecule has 7 heteroatoms. The van der Waals surface area contributed by atoms with Gasteiger partial charge in [-0.15, -0.1) is 0 Å². The Morgan fingerprint density at radius 2 is 1.92 bits per heavy atom. The molecule has 0 saturated heterocycles. The fourth-order valence-corrected chi connectivity index (χ4v) is 3.17. The minimum Gasteiger partial charge on any atom is -0.454 e. The minimum atomic E-state index is -0.573. The highest BCUT2D eigenvalue weighted by Crippen LogP contribution is 2.36. The Kier molecular flexibility index (Phi) is 3.68. The van der Waals surface area contributed by atoms with Gasteiger partial charge in [-0.2, -0.15) is 0 Å². The second kappa shape index (κ2) is 6.01. The van der Waals surface area contributed by atoms with Gasteiger partial charge in [0.15, 0.2) is 11.5 Å². The van der Waals surface area contributed by atoms with Gasteiger partial charge in [0.05, 0.1) is 0 Å². The van der Waals surface area contributed by atoms with Crippen molar-refractivity contribution in [3.05, 3.63) is 48.0 Å². The number of nitrogens with zero attached hydrogens (tertiary/aromatic N) is 1. The van der Waals surface area contributed by atoms with Crippen molar-refractivity contribution >= 4 is 23.3 Å². The van der Waals surface area contributed by atoms with E-state index in [2.05, 4.69) is 10.6 Å². The number of anilines is 2. The number of carbonyl (C=O) groups excluding carboxylic acids is 2. The Bertz CT molecular complexity index is 852. The number of ether oxygens (including phenoxy) is 2. The van der Waals surface area contributed by atoms with Crippen LogP contribution in [0.15, 0.2) is 42.5 Å². The molecule has 1 unspecified atom stereocenters. The van der Waals surface area contributed by atoms with E-state index in [0.29, 0.717) is 23.6 Å². The molecule has 1 atom stereocenters. The Morgan fingerprint density at radius 3 is 2.76 bits per heavy atom. The molecule has 2 N–H and O–H groups in total. The summed E-state index contributed by atoms with van der Waals surface area (Å²) in [5.74, 6) is 1.03. The monoisotopic (exact) mass is 339 g/mol. The van der Waals surface area contributed by atoms with Crippen LogP contribution in [-0.2, 0) is 11.2 Å². The van der Waals surface area contributed by atoms with Crippen LogP contribution in [0, 0.1) is 0 Å². The Balaban J connectivity index is 1.61. The van der Waals surface area contributed by atoms with Gasteiger partial charge in [0.25, 0.3) is 0 Å². The summed E-state index contributed by atoms with van der Waals surface area (Å²) in [6.45, 7) is 0.172. The van der Waals surface area contributed by atoms with Gasteiger partial charge in [0.2, 0.25) is 12.7 Å². The topological polar surface area (TPSA) is 79.9 Å². The maximum atomic E-state index is 12.9. The first-order valence-corrected chi connectivity index (χ1v) is 7.97. The smallest absolute Gasteiger partial charge is 0.327 e. The summed E-state index contributed by atoms with van der Waals surface area (Å²) >= 11 is 0. The van der Waals surface area contributed by atoms with Crippen LogP contribution in [0.25, 0.3) is 0 Å². The highest BCUT2D eigenvalue weighted by Gasteiger charge is 2.38. The number of likely N-dealkylation sites (N-methyl/N-ethyl adjacent to an activating group) is 1. The van der Waals surface area contributed by atoms with E-state index in [1.807, 2.05) is 24.3 Å². The van der Waals surface area contributed by atoms with Gasteiger partial charge in [-0.25, -0.2) is 4.79 Å². The average Bonchev–Trinajstić information content (AvgIpc) is 3.24. The Labute approximate surface area is 144 Å². The van der Waals surface area contributed by atoms with Gasteiger partial charge in [-0.1, -0.05) is 18.2 Å². The number of benzene rings is 2. The van der Waals surface area contributed by atoms with E-state index in [1.165, 1.54) is 4.90 Å². The zero-order valence-electron chi connectivity index (χ0n) is 13.6.